The number of nitrogens with zero attached hydrogens (tertiary/aromatic N) is 5. The van der Waals surface area contributed by atoms with Crippen LogP contribution in [0.1, 0.15) is 37.3 Å². The van der Waals surface area contributed by atoms with Crippen LogP contribution in [-0.4, -0.2) is 56.1 Å². The van der Waals surface area contributed by atoms with Crippen LogP contribution < -0.4 is 0 Å². The number of hydrogen-bond acceptors (Lipinski definition) is 4. The second kappa shape index (κ2) is 7.35. The lowest BCUT2D eigenvalue weighted by molar-refractivity contribution is -0.137. The van der Waals surface area contributed by atoms with Crippen molar-refractivity contribution in [3.63, 3.8) is 0 Å². The van der Waals surface area contributed by atoms with Crippen LogP contribution in [0, 0.1) is 0 Å². The molecule has 0 saturated carbocycles. The van der Waals surface area contributed by atoms with Crippen molar-refractivity contribution in [1.82, 2.24) is 24.6 Å². The van der Waals surface area contributed by atoms with Crippen molar-refractivity contribution in [1.29, 1.82) is 0 Å². The number of likely N-dealkylation sites (tertiary alicyclic amines) is 2. The van der Waals surface area contributed by atoms with Gasteiger partial charge in [-0.3, -0.25) is 9.69 Å². The maximum absolute atomic E-state index is 13.2. The third kappa shape index (κ3) is 3.58. The first-order chi connectivity index (χ1) is 12.3. The van der Waals surface area contributed by atoms with Gasteiger partial charge in [0.25, 0.3) is 0 Å². The average molecular weight is 339 g/mol. The minimum Gasteiger partial charge on any atom is -0.339 e. The topological polar surface area (TPSA) is 54.3 Å². The molecule has 4 rings (SSSR count). The molecule has 2 unspecified atom stereocenters. The second-order valence-electron chi connectivity index (χ2n) is 7.07. The van der Waals surface area contributed by atoms with E-state index in [0.29, 0.717) is 5.91 Å². The number of aromatic nitrogens is 3. The van der Waals surface area contributed by atoms with Crippen molar-refractivity contribution in [3.8, 4) is 0 Å². The Kier molecular flexibility index (Phi) is 4.78. The Morgan fingerprint density at radius 2 is 1.96 bits per heavy atom. The molecule has 3 heterocycles. The fourth-order valence-electron chi connectivity index (χ4n) is 4.10. The van der Waals surface area contributed by atoms with Gasteiger partial charge < -0.3 is 4.90 Å². The highest BCUT2D eigenvalue weighted by Gasteiger charge is 2.35. The normalized spacial score (nSPS) is 24.6. The molecule has 2 atom stereocenters. The fourth-order valence-corrected chi connectivity index (χ4v) is 4.10. The van der Waals surface area contributed by atoms with Gasteiger partial charge in [0.2, 0.25) is 5.91 Å². The molecule has 0 spiro atoms. The van der Waals surface area contributed by atoms with Gasteiger partial charge in [0, 0.05) is 19.6 Å². The lowest BCUT2D eigenvalue weighted by Crippen LogP contribution is -2.49. The Morgan fingerprint density at radius 1 is 1.12 bits per heavy atom. The zero-order valence-electron chi connectivity index (χ0n) is 14.5. The van der Waals surface area contributed by atoms with Gasteiger partial charge in [-0.2, -0.15) is 5.10 Å². The van der Waals surface area contributed by atoms with Crippen LogP contribution in [-0.2, 0) is 11.3 Å². The van der Waals surface area contributed by atoms with Crippen LogP contribution >= 0.6 is 0 Å². The molecule has 25 heavy (non-hydrogen) atoms. The molecule has 1 aromatic heterocycles. The number of piperidine rings is 1. The summed E-state index contributed by atoms with van der Waals surface area (Å²) in [6, 6.07) is 10.7. The highest BCUT2D eigenvalue weighted by Crippen LogP contribution is 2.26. The van der Waals surface area contributed by atoms with Gasteiger partial charge >= 0.3 is 0 Å². The smallest absolute Gasteiger partial charge is 0.240 e. The van der Waals surface area contributed by atoms with Gasteiger partial charge in [0.1, 0.15) is 12.7 Å². The molecular weight excluding hydrogens is 314 g/mol. The number of carbonyl (C=O) groups excluding carboxylic acids is 1. The quantitative estimate of drug-likeness (QED) is 0.856. The van der Waals surface area contributed by atoms with E-state index in [9.17, 15) is 4.79 Å². The Morgan fingerprint density at radius 3 is 2.76 bits per heavy atom. The SMILES string of the molecule is O=C(C1CCCN1Cc1ccccc1)N1CCCC(n2cncn2)C1. The number of rotatable bonds is 4. The second-order valence-corrected chi connectivity index (χ2v) is 7.07. The fraction of sp³-hybridized carbons (Fsp3) is 0.526. The summed E-state index contributed by atoms with van der Waals surface area (Å²) in [6.45, 7) is 3.47. The van der Waals surface area contributed by atoms with Crippen LogP contribution in [0.4, 0.5) is 0 Å². The number of hydrogen-bond donors (Lipinski definition) is 0. The van der Waals surface area contributed by atoms with Crippen LogP contribution in [0.25, 0.3) is 0 Å². The predicted octanol–water partition coefficient (Wildman–Crippen LogP) is 2.11. The molecule has 2 aromatic rings. The van der Waals surface area contributed by atoms with Crippen LogP contribution in [0.5, 0.6) is 0 Å². The highest BCUT2D eigenvalue weighted by molar-refractivity contribution is 5.82. The lowest BCUT2D eigenvalue weighted by Gasteiger charge is -2.36. The monoisotopic (exact) mass is 339 g/mol. The number of amides is 1. The molecule has 0 N–H and O–H groups in total. The molecular formula is C19H25N5O. The highest BCUT2D eigenvalue weighted by atomic mass is 16.2. The molecule has 132 valence electrons. The Labute approximate surface area is 148 Å². The Balaban J connectivity index is 1.42. The summed E-state index contributed by atoms with van der Waals surface area (Å²) < 4.78 is 1.90. The van der Waals surface area contributed by atoms with E-state index in [1.54, 1.807) is 12.7 Å². The average Bonchev–Trinajstić information content (AvgIpc) is 3.34. The summed E-state index contributed by atoms with van der Waals surface area (Å²) in [4.78, 5) is 21.6. The summed E-state index contributed by atoms with van der Waals surface area (Å²) in [5.74, 6) is 0.290. The van der Waals surface area contributed by atoms with Crippen LogP contribution in [0.15, 0.2) is 43.0 Å². The summed E-state index contributed by atoms with van der Waals surface area (Å²) in [6.07, 6.45) is 7.49. The number of benzene rings is 1. The summed E-state index contributed by atoms with van der Waals surface area (Å²) >= 11 is 0. The molecule has 0 aliphatic carbocycles. The van der Waals surface area contributed by atoms with Crippen molar-refractivity contribution >= 4 is 5.91 Å². The lowest BCUT2D eigenvalue weighted by atomic mass is 10.0. The van der Waals surface area contributed by atoms with Gasteiger partial charge in [0.15, 0.2) is 0 Å². The maximum atomic E-state index is 13.2. The van der Waals surface area contributed by atoms with E-state index < -0.39 is 0 Å². The molecule has 2 aliphatic rings. The zero-order valence-corrected chi connectivity index (χ0v) is 14.5. The van der Waals surface area contributed by atoms with Crippen molar-refractivity contribution in [2.75, 3.05) is 19.6 Å². The summed E-state index contributed by atoms with van der Waals surface area (Å²) in [7, 11) is 0. The minimum absolute atomic E-state index is 0.0229. The maximum Gasteiger partial charge on any atom is 0.240 e. The van der Waals surface area contributed by atoms with Gasteiger partial charge in [-0.25, -0.2) is 9.67 Å². The molecule has 0 radical (unpaired) electrons. The molecule has 0 bridgehead atoms. The van der Waals surface area contributed by atoms with Crippen molar-refractivity contribution in [2.24, 2.45) is 0 Å². The summed E-state index contributed by atoms with van der Waals surface area (Å²) in [5.41, 5.74) is 1.28. The number of carbonyl (C=O) groups is 1. The van der Waals surface area contributed by atoms with E-state index in [-0.39, 0.29) is 12.1 Å². The van der Waals surface area contributed by atoms with E-state index >= 15 is 0 Å². The third-order valence-electron chi connectivity index (χ3n) is 5.40. The molecule has 1 aromatic carbocycles. The van der Waals surface area contributed by atoms with Crippen molar-refractivity contribution < 1.29 is 4.79 Å². The van der Waals surface area contributed by atoms with E-state index in [1.165, 1.54) is 5.56 Å². The zero-order chi connectivity index (χ0) is 17.1. The van der Waals surface area contributed by atoms with Crippen molar-refractivity contribution in [3.05, 3.63) is 48.5 Å². The molecule has 2 fully saturated rings. The third-order valence-corrected chi connectivity index (χ3v) is 5.40. The van der Waals surface area contributed by atoms with Crippen molar-refractivity contribution in [2.45, 2.75) is 44.3 Å². The standard InChI is InChI=1S/C19H25N5O/c25-19(23-11-4-8-17(13-23)24-15-20-14-21-24)18-9-5-10-22(18)12-16-6-2-1-3-7-16/h1-3,6-7,14-15,17-18H,4-5,8-13H2. The van der Waals surface area contributed by atoms with Gasteiger partial charge in [-0.1, -0.05) is 30.3 Å². The first-order valence-corrected chi connectivity index (χ1v) is 9.22. The van der Waals surface area contributed by atoms with Gasteiger partial charge in [0.05, 0.1) is 12.1 Å². The van der Waals surface area contributed by atoms with E-state index in [1.807, 2.05) is 15.6 Å². The van der Waals surface area contributed by atoms with Crippen LogP contribution in [0.2, 0.25) is 0 Å². The first kappa shape index (κ1) is 16.3. The molecule has 2 aliphatic heterocycles. The van der Waals surface area contributed by atoms with Crippen LogP contribution in [0.3, 0.4) is 0 Å². The Hall–Kier alpha value is -2.21. The molecule has 1 amide bonds. The van der Waals surface area contributed by atoms with E-state index in [4.69, 9.17) is 0 Å². The molecule has 6 heteroatoms. The predicted molar refractivity (Wildman–Crippen MR) is 94.7 cm³/mol. The molecule has 6 nitrogen and oxygen atoms in total. The summed E-state index contributed by atoms with van der Waals surface area (Å²) in [5, 5.41) is 4.26. The molecule has 2 saturated heterocycles. The first-order valence-electron chi connectivity index (χ1n) is 9.22. The Bertz CT molecular complexity index is 687. The van der Waals surface area contributed by atoms with E-state index in [0.717, 1.165) is 51.9 Å². The van der Waals surface area contributed by atoms with E-state index in [2.05, 4.69) is 39.2 Å². The van der Waals surface area contributed by atoms with Gasteiger partial charge in [-0.05, 0) is 37.8 Å². The van der Waals surface area contributed by atoms with Gasteiger partial charge in [-0.15, -0.1) is 0 Å². The minimum atomic E-state index is 0.0229. The largest absolute Gasteiger partial charge is 0.339 e.